The van der Waals surface area contributed by atoms with Gasteiger partial charge in [0.25, 0.3) is 0 Å². The molecular formula is C14H23N3O. The lowest BCUT2D eigenvalue weighted by atomic mass is 9.79. The summed E-state index contributed by atoms with van der Waals surface area (Å²) in [5.41, 5.74) is 6.97. The topological polar surface area (TPSA) is 71.2 Å². The van der Waals surface area contributed by atoms with Crippen LogP contribution in [0.5, 0.6) is 0 Å². The smallest absolute Gasteiger partial charge is 0.149 e. The Hall–Kier alpha value is -1.29. The lowest BCUT2D eigenvalue weighted by Crippen LogP contribution is -2.41. The zero-order valence-electron chi connectivity index (χ0n) is 11.2. The molecule has 2 unspecified atom stereocenters. The summed E-state index contributed by atoms with van der Waals surface area (Å²) in [5, 5.41) is 13.7. The van der Waals surface area contributed by atoms with Gasteiger partial charge >= 0.3 is 0 Å². The fraction of sp³-hybridized carbons (Fsp3) is 0.643. The van der Waals surface area contributed by atoms with Crippen molar-refractivity contribution in [2.75, 3.05) is 17.6 Å². The van der Waals surface area contributed by atoms with Crippen molar-refractivity contribution in [3.8, 4) is 0 Å². The van der Waals surface area contributed by atoms with Gasteiger partial charge in [-0.05, 0) is 37.3 Å². The number of aliphatic hydroxyl groups is 1. The minimum atomic E-state index is -0.614. The van der Waals surface area contributed by atoms with E-state index in [0.717, 1.165) is 24.8 Å². The minimum Gasteiger partial charge on any atom is -0.396 e. The molecule has 2 atom stereocenters. The molecule has 100 valence electrons. The highest BCUT2D eigenvalue weighted by atomic mass is 16.3. The molecule has 4 N–H and O–H groups in total. The summed E-state index contributed by atoms with van der Waals surface area (Å²) in [7, 11) is 0. The molecule has 0 spiro atoms. The number of nitrogen functional groups attached to an aromatic ring is 1. The Bertz CT molecular complexity index is 422. The van der Waals surface area contributed by atoms with Crippen molar-refractivity contribution >= 4 is 11.5 Å². The van der Waals surface area contributed by atoms with E-state index in [1.807, 2.05) is 13.0 Å². The average Bonchev–Trinajstić information content (AvgIpc) is 2.27. The number of anilines is 2. The summed E-state index contributed by atoms with van der Waals surface area (Å²) in [6, 6.07) is 1.89. The SMILES string of the molecule is Cc1cnc(NCC2(O)CCCC(C)C2)c(N)c1. The van der Waals surface area contributed by atoms with Gasteiger partial charge in [-0.1, -0.05) is 19.8 Å². The highest BCUT2D eigenvalue weighted by Gasteiger charge is 2.32. The molecule has 1 saturated carbocycles. The van der Waals surface area contributed by atoms with E-state index in [4.69, 9.17) is 5.73 Å². The number of aryl methyl sites for hydroxylation is 1. The van der Waals surface area contributed by atoms with Gasteiger partial charge in [-0.15, -0.1) is 0 Å². The van der Waals surface area contributed by atoms with Crippen LogP contribution >= 0.6 is 0 Å². The van der Waals surface area contributed by atoms with Crippen LogP contribution < -0.4 is 11.1 Å². The Morgan fingerprint density at radius 3 is 3.06 bits per heavy atom. The van der Waals surface area contributed by atoms with Crippen molar-refractivity contribution in [1.29, 1.82) is 0 Å². The molecule has 0 aliphatic heterocycles. The number of hydrogen-bond acceptors (Lipinski definition) is 4. The average molecular weight is 249 g/mol. The van der Waals surface area contributed by atoms with Crippen molar-refractivity contribution in [2.45, 2.75) is 45.1 Å². The molecule has 1 fully saturated rings. The molecule has 4 heteroatoms. The molecule has 2 rings (SSSR count). The molecule has 1 heterocycles. The first-order valence-electron chi connectivity index (χ1n) is 6.67. The molecule has 1 aromatic rings. The van der Waals surface area contributed by atoms with Gasteiger partial charge in [0.1, 0.15) is 5.82 Å². The van der Waals surface area contributed by atoms with Crippen LogP contribution in [-0.2, 0) is 0 Å². The van der Waals surface area contributed by atoms with Crippen LogP contribution in [0, 0.1) is 12.8 Å². The first-order chi connectivity index (χ1) is 8.48. The standard InChI is InChI=1S/C14H23N3O/c1-10-4-3-5-14(18,7-10)9-17-13-12(15)6-11(2)8-16-13/h6,8,10,18H,3-5,7,9,15H2,1-2H3,(H,16,17). The zero-order chi connectivity index (χ0) is 13.2. The minimum absolute atomic E-state index is 0.525. The van der Waals surface area contributed by atoms with Crippen LogP contribution in [0.1, 0.15) is 38.2 Å². The fourth-order valence-corrected chi connectivity index (χ4v) is 2.78. The first-order valence-corrected chi connectivity index (χ1v) is 6.67. The molecule has 1 aliphatic rings. The van der Waals surface area contributed by atoms with Gasteiger partial charge in [-0.2, -0.15) is 0 Å². The quantitative estimate of drug-likeness (QED) is 0.769. The zero-order valence-corrected chi connectivity index (χ0v) is 11.2. The van der Waals surface area contributed by atoms with E-state index >= 15 is 0 Å². The number of pyridine rings is 1. The molecule has 0 radical (unpaired) electrons. The van der Waals surface area contributed by atoms with Gasteiger partial charge in [-0.3, -0.25) is 0 Å². The number of hydrogen-bond donors (Lipinski definition) is 3. The van der Waals surface area contributed by atoms with E-state index in [0.29, 0.717) is 24.0 Å². The third-order valence-corrected chi connectivity index (χ3v) is 3.71. The van der Waals surface area contributed by atoms with Crippen LogP contribution in [0.25, 0.3) is 0 Å². The van der Waals surface area contributed by atoms with Crippen LogP contribution in [0.4, 0.5) is 11.5 Å². The summed E-state index contributed by atoms with van der Waals surface area (Å²) in [6.07, 6.45) is 5.80. The molecule has 1 aliphatic carbocycles. The van der Waals surface area contributed by atoms with Gasteiger partial charge in [0, 0.05) is 12.7 Å². The predicted molar refractivity (Wildman–Crippen MR) is 74.5 cm³/mol. The molecule has 0 saturated heterocycles. The second-order valence-electron chi connectivity index (χ2n) is 5.73. The van der Waals surface area contributed by atoms with Gasteiger partial charge in [0.2, 0.25) is 0 Å². The summed E-state index contributed by atoms with van der Waals surface area (Å²) in [6.45, 7) is 4.68. The highest BCUT2D eigenvalue weighted by Crippen LogP contribution is 2.32. The third-order valence-electron chi connectivity index (χ3n) is 3.71. The largest absolute Gasteiger partial charge is 0.396 e. The summed E-state index contributed by atoms with van der Waals surface area (Å²) < 4.78 is 0. The van der Waals surface area contributed by atoms with E-state index in [-0.39, 0.29) is 0 Å². The summed E-state index contributed by atoms with van der Waals surface area (Å²) in [5.74, 6) is 1.26. The maximum absolute atomic E-state index is 10.5. The molecular weight excluding hydrogens is 226 g/mol. The lowest BCUT2D eigenvalue weighted by Gasteiger charge is -2.35. The van der Waals surface area contributed by atoms with Crippen molar-refractivity contribution in [3.63, 3.8) is 0 Å². The monoisotopic (exact) mass is 249 g/mol. The number of aromatic nitrogens is 1. The summed E-state index contributed by atoms with van der Waals surface area (Å²) in [4.78, 5) is 4.27. The Kier molecular flexibility index (Phi) is 3.76. The number of nitrogens with two attached hydrogens (primary N) is 1. The van der Waals surface area contributed by atoms with E-state index in [1.54, 1.807) is 6.20 Å². The second kappa shape index (κ2) is 5.14. The fourth-order valence-electron chi connectivity index (χ4n) is 2.78. The van der Waals surface area contributed by atoms with E-state index < -0.39 is 5.60 Å². The van der Waals surface area contributed by atoms with Crippen molar-refractivity contribution < 1.29 is 5.11 Å². The molecule has 18 heavy (non-hydrogen) atoms. The van der Waals surface area contributed by atoms with E-state index in [2.05, 4.69) is 17.2 Å². The Labute approximate surface area is 109 Å². The Morgan fingerprint density at radius 1 is 1.61 bits per heavy atom. The van der Waals surface area contributed by atoms with Crippen LogP contribution in [0.2, 0.25) is 0 Å². The van der Waals surface area contributed by atoms with Gasteiger partial charge in [0.15, 0.2) is 0 Å². The van der Waals surface area contributed by atoms with E-state index in [1.165, 1.54) is 6.42 Å². The highest BCUT2D eigenvalue weighted by molar-refractivity contribution is 5.61. The van der Waals surface area contributed by atoms with Crippen molar-refractivity contribution in [3.05, 3.63) is 17.8 Å². The molecule has 0 aromatic carbocycles. The lowest BCUT2D eigenvalue weighted by molar-refractivity contribution is -0.000810. The van der Waals surface area contributed by atoms with Crippen LogP contribution in [-0.4, -0.2) is 22.2 Å². The van der Waals surface area contributed by atoms with E-state index in [9.17, 15) is 5.11 Å². The maximum Gasteiger partial charge on any atom is 0.149 e. The first kappa shape index (κ1) is 13.1. The second-order valence-corrected chi connectivity index (χ2v) is 5.73. The molecule has 0 amide bonds. The Balaban J connectivity index is 1.98. The Morgan fingerprint density at radius 2 is 2.39 bits per heavy atom. The molecule has 0 bridgehead atoms. The van der Waals surface area contributed by atoms with Gasteiger partial charge in [-0.25, -0.2) is 4.98 Å². The van der Waals surface area contributed by atoms with Gasteiger partial charge < -0.3 is 16.2 Å². The normalized spacial score (nSPS) is 28.1. The van der Waals surface area contributed by atoms with Crippen molar-refractivity contribution in [1.82, 2.24) is 4.98 Å². The maximum atomic E-state index is 10.5. The number of nitrogens with one attached hydrogen (secondary N) is 1. The third kappa shape index (κ3) is 3.13. The van der Waals surface area contributed by atoms with Crippen molar-refractivity contribution in [2.24, 2.45) is 5.92 Å². The van der Waals surface area contributed by atoms with Gasteiger partial charge in [0.05, 0.1) is 11.3 Å². The summed E-state index contributed by atoms with van der Waals surface area (Å²) >= 11 is 0. The predicted octanol–water partition coefficient (Wildman–Crippen LogP) is 2.33. The molecule has 4 nitrogen and oxygen atoms in total. The molecule has 1 aromatic heterocycles. The van der Waals surface area contributed by atoms with Crippen LogP contribution in [0.3, 0.4) is 0 Å². The number of nitrogens with zero attached hydrogens (tertiary/aromatic N) is 1. The number of rotatable bonds is 3. The van der Waals surface area contributed by atoms with Crippen LogP contribution in [0.15, 0.2) is 12.3 Å².